The Labute approximate surface area is 180 Å². The minimum absolute atomic E-state index is 0.0107. The number of nitrogens with one attached hydrogen (secondary N) is 1. The zero-order valence-electron chi connectivity index (χ0n) is 16.2. The lowest BCUT2D eigenvalue weighted by atomic mass is 9.50. The van der Waals surface area contributed by atoms with Crippen LogP contribution >= 0.6 is 22.9 Å². The van der Waals surface area contributed by atoms with E-state index in [0.717, 1.165) is 42.6 Å². The number of hydrogen-bond acceptors (Lipinski definition) is 5. The van der Waals surface area contributed by atoms with Crippen LogP contribution in [0.5, 0.6) is 0 Å². The topological polar surface area (TPSA) is 76.1 Å². The zero-order chi connectivity index (χ0) is 20.2. The lowest BCUT2D eigenvalue weighted by molar-refractivity contribution is -0.125. The SMILES string of the molecule is O=C(CC1CCCS(=O)(=O)C1)NC1CC2(C1)CC(c1nc3cc(Cl)ccc3s1)C2. The van der Waals surface area contributed by atoms with E-state index in [4.69, 9.17) is 16.6 Å². The van der Waals surface area contributed by atoms with E-state index < -0.39 is 9.84 Å². The second-order valence-electron chi connectivity index (χ2n) is 9.27. The Morgan fingerprint density at radius 3 is 2.83 bits per heavy atom. The van der Waals surface area contributed by atoms with Crippen LogP contribution in [0.15, 0.2) is 18.2 Å². The molecule has 3 aliphatic rings. The van der Waals surface area contributed by atoms with Crippen molar-refractivity contribution in [2.24, 2.45) is 11.3 Å². The molecule has 1 aliphatic heterocycles. The van der Waals surface area contributed by atoms with Crippen molar-refractivity contribution in [1.29, 1.82) is 0 Å². The lowest BCUT2D eigenvalue weighted by Crippen LogP contribution is -2.55. The molecule has 2 heterocycles. The van der Waals surface area contributed by atoms with Crippen molar-refractivity contribution in [3.8, 4) is 0 Å². The summed E-state index contributed by atoms with van der Waals surface area (Å²) in [5.74, 6) is 0.980. The fourth-order valence-corrected chi connectivity index (χ4v) is 8.49. The van der Waals surface area contributed by atoms with Gasteiger partial charge in [-0.15, -0.1) is 11.3 Å². The van der Waals surface area contributed by atoms with Crippen molar-refractivity contribution in [1.82, 2.24) is 10.3 Å². The minimum Gasteiger partial charge on any atom is -0.353 e. The molecule has 29 heavy (non-hydrogen) atoms. The molecule has 0 radical (unpaired) electrons. The number of hydrogen-bond donors (Lipinski definition) is 1. The van der Waals surface area contributed by atoms with E-state index >= 15 is 0 Å². The van der Waals surface area contributed by atoms with Crippen LogP contribution in [0.4, 0.5) is 0 Å². The normalized spacial score (nSPS) is 33.2. The number of carbonyl (C=O) groups is 1. The van der Waals surface area contributed by atoms with Crippen molar-refractivity contribution in [2.45, 2.75) is 56.9 Å². The van der Waals surface area contributed by atoms with Crippen molar-refractivity contribution in [2.75, 3.05) is 11.5 Å². The molecular weight excluding hydrogens is 428 g/mol. The smallest absolute Gasteiger partial charge is 0.220 e. The number of amides is 1. The third-order valence-corrected chi connectivity index (χ3v) is 10.2. The molecule has 5 nitrogen and oxygen atoms in total. The number of thiazole rings is 1. The summed E-state index contributed by atoms with van der Waals surface area (Å²) in [5.41, 5.74) is 1.36. The van der Waals surface area contributed by atoms with Crippen LogP contribution in [0, 0.1) is 11.3 Å². The molecule has 2 saturated carbocycles. The molecule has 5 rings (SSSR count). The molecule has 1 amide bonds. The summed E-state index contributed by atoms with van der Waals surface area (Å²) in [6, 6.07) is 6.13. The summed E-state index contributed by atoms with van der Waals surface area (Å²) >= 11 is 7.83. The quantitative estimate of drug-likeness (QED) is 0.749. The standard InChI is InChI=1S/C21H25ClN2O3S2/c22-15-3-4-18-17(7-15)24-20(28-18)14-8-21(9-14)10-16(11-21)23-19(25)6-13-2-1-5-29(26,27)12-13/h3-4,7,13-14,16H,1-2,5-6,8-12H2,(H,23,25). The van der Waals surface area contributed by atoms with Gasteiger partial charge in [0.15, 0.2) is 9.84 Å². The minimum atomic E-state index is -2.95. The molecule has 0 bridgehead atoms. The molecule has 1 N–H and O–H groups in total. The van der Waals surface area contributed by atoms with Crippen LogP contribution < -0.4 is 5.32 Å². The predicted molar refractivity (Wildman–Crippen MR) is 116 cm³/mol. The van der Waals surface area contributed by atoms with E-state index in [1.54, 1.807) is 11.3 Å². The largest absolute Gasteiger partial charge is 0.353 e. The Hall–Kier alpha value is -1.18. The van der Waals surface area contributed by atoms with Gasteiger partial charge < -0.3 is 5.32 Å². The van der Waals surface area contributed by atoms with Crippen LogP contribution in [-0.4, -0.2) is 36.9 Å². The summed E-state index contributed by atoms with van der Waals surface area (Å²) in [7, 11) is -2.95. The third-order valence-electron chi connectivity index (χ3n) is 6.83. The summed E-state index contributed by atoms with van der Waals surface area (Å²) < 4.78 is 24.7. The van der Waals surface area contributed by atoms with Gasteiger partial charge in [0.2, 0.25) is 5.91 Å². The molecule has 1 atom stereocenters. The van der Waals surface area contributed by atoms with E-state index in [9.17, 15) is 13.2 Å². The van der Waals surface area contributed by atoms with Gasteiger partial charge in [-0.3, -0.25) is 4.79 Å². The molecule has 156 valence electrons. The number of nitrogens with zero attached hydrogens (tertiary/aromatic N) is 1. The summed E-state index contributed by atoms with van der Waals surface area (Å²) in [6.07, 6.45) is 6.24. The first kappa shape index (κ1) is 19.8. The highest BCUT2D eigenvalue weighted by atomic mass is 35.5. The van der Waals surface area contributed by atoms with Crippen LogP contribution in [0.25, 0.3) is 10.2 Å². The number of fused-ring (bicyclic) bond motifs is 1. The highest BCUT2D eigenvalue weighted by molar-refractivity contribution is 7.91. The molecular formula is C21H25ClN2O3S2. The first-order valence-electron chi connectivity index (χ1n) is 10.4. The Balaban J connectivity index is 1.10. The van der Waals surface area contributed by atoms with Crippen molar-refractivity contribution < 1.29 is 13.2 Å². The Bertz CT molecular complexity index is 1050. The fraction of sp³-hybridized carbons (Fsp3) is 0.619. The molecule has 1 spiro atoms. The van der Waals surface area contributed by atoms with Crippen LogP contribution in [-0.2, 0) is 14.6 Å². The second-order valence-corrected chi connectivity index (χ2v) is 13.0. The second kappa shape index (κ2) is 7.20. The lowest BCUT2D eigenvalue weighted by Gasteiger charge is -2.57. The van der Waals surface area contributed by atoms with Crippen molar-refractivity contribution in [3.05, 3.63) is 28.2 Å². The molecule has 1 unspecified atom stereocenters. The summed E-state index contributed by atoms with van der Waals surface area (Å²) in [5, 5.41) is 5.07. The maximum atomic E-state index is 12.3. The Kier molecular flexibility index (Phi) is 4.91. The van der Waals surface area contributed by atoms with Crippen LogP contribution in [0.2, 0.25) is 5.02 Å². The number of halogens is 1. The van der Waals surface area contributed by atoms with Gasteiger partial charge in [-0.1, -0.05) is 11.6 Å². The fourth-order valence-electron chi connectivity index (χ4n) is 5.50. The predicted octanol–water partition coefficient (Wildman–Crippen LogP) is 4.31. The van der Waals surface area contributed by atoms with Gasteiger partial charge in [-0.05, 0) is 68.1 Å². The Morgan fingerprint density at radius 2 is 2.07 bits per heavy atom. The average Bonchev–Trinajstić information content (AvgIpc) is 2.97. The molecule has 3 fully saturated rings. The average molecular weight is 453 g/mol. The maximum absolute atomic E-state index is 12.3. The maximum Gasteiger partial charge on any atom is 0.220 e. The third kappa shape index (κ3) is 4.06. The summed E-state index contributed by atoms with van der Waals surface area (Å²) in [6.45, 7) is 0. The number of carbonyl (C=O) groups excluding carboxylic acids is 1. The first-order valence-corrected chi connectivity index (χ1v) is 13.4. The zero-order valence-corrected chi connectivity index (χ0v) is 18.6. The van der Waals surface area contributed by atoms with Crippen molar-refractivity contribution in [3.63, 3.8) is 0 Å². The van der Waals surface area contributed by atoms with E-state index in [1.807, 2.05) is 18.2 Å². The number of rotatable bonds is 4. The number of sulfone groups is 1. The van der Waals surface area contributed by atoms with E-state index in [1.165, 1.54) is 9.71 Å². The van der Waals surface area contributed by atoms with Crippen LogP contribution in [0.3, 0.4) is 0 Å². The molecule has 1 aromatic carbocycles. The summed E-state index contributed by atoms with van der Waals surface area (Å²) in [4.78, 5) is 17.1. The van der Waals surface area contributed by atoms with E-state index in [-0.39, 0.29) is 29.4 Å². The Morgan fingerprint density at radius 1 is 1.28 bits per heavy atom. The van der Waals surface area contributed by atoms with E-state index in [2.05, 4.69) is 5.32 Å². The number of aromatic nitrogens is 1. The van der Waals surface area contributed by atoms with Gasteiger partial charge in [0.05, 0.1) is 26.7 Å². The van der Waals surface area contributed by atoms with Gasteiger partial charge in [0, 0.05) is 23.4 Å². The highest BCUT2D eigenvalue weighted by Crippen LogP contribution is 2.62. The van der Waals surface area contributed by atoms with E-state index in [0.29, 0.717) is 24.2 Å². The molecule has 8 heteroatoms. The van der Waals surface area contributed by atoms with Crippen molar-refractivity contribution >= 4 is 48.9 Å². The first-order chi connectivity index (χ1) is 13.8. The van der Waals surface area contributed by atoms with Gasteiger partial charge in [0.1, 0.15) is 0 Å². The monoisotopic (exact) mass is 452 g/mol. The van der Waals surface area contributed by atoms with Gasteiger partial charge in [-0.25, -0.2) is 13.4 Å². The van der Waals surface area contributed by atoms with Crippen LogP contribution in [0.1, 0.15) is 55.9 Å². The molecule has 1 aromatic heterocycles. The van der Waals surface area contributed by atoms with Gasteiger partial charge in [0.25, 0.3) is 0 Å². The molecule has 2 aliphatic carbocycles. The highest BCUT2D eigenvalue weighted by Gasteiger charge is 2.54. The van der Waals surface area contributed by atoms with Gasteiger partial charge in [-0.2, -0.15) is 0 Å². The van der Waals surface area contributed by atoms with Gasteiger partial charge >= 0.3 is 0 Å². The molecule has 1 saturated heterocycles. The number of benzene rings is 1. The molecule has 2 aromatic rings.